The summed E-state index contributed by atoms with van der Waals surface area (Å²) in [4.78, 5) is 54.5. The number of imidazole rings is 1. The van der Waals surface area contributed by atoms with Gasteiger partial charge >= 0.3 is 0 Å². The lowest BCUT2D eigenvalue weighted by molar-refractivity contribution is -0.139. The molecule has 1 aromatic heterocycles. The van der Waals surface area contributed by atoms with Crippen molar-refractivity contribution in [3.8, 4) is 17.0 Å². The zero-order chi connectivity index (χ0) is 31.3. The summed E-state index contributed by atoms with van der Waals surface area (Å²) in [5, 5.41) is 9.72. The van der Waals surface area contributed by atoms with E-state index in [1.54, 1.807) is 11.0 Å². The van der Waals surface area contributed by atoms with E-state index in [-0.39, 0.29) is 57.6 Å². The minimum absolute atomic E-state index is 0.0452. The quantitative estimate of drug-likeness (QED) is 0.398. The van der Waals surface area contributed by atoms with E-state index >= 15 is 0 Å². The summed E-state index contributed by atoms with van der Waals surface area (Å²) >= 11 is 6.42. The maximum Gasteiger partial charge on any atom is 0.291 e. The summed E-state index contributed by atoms with van der Waals surface area (Å²) in [6.45, 7) is 1.58. The molecule has 0 spiro atoms. The number of aromatic nitrogens is 2. The number of amides is 3. The number of carbonyl (C=O) groups is 4. The van der Waals surface area contributed by atoms with Crippen molar-refractivity contribution in [2.45, 2.75) is 19.3 Å². The predicted molar refractivity (Wildman–Crippen MR) is 153 cm³/mol. The number of anilines is 1. The molecule has 0 unspecified atom stereocenters. The van der Waals surface area contributed by atoms with Gasteiger partial charge in [-0.1, -0.05) is 18.0 Å². The third kappa shape index (κ3) is 6.61. The van der Waals surface area contributed by atoms with E-state index in [0.29, 0.717) is 31.9 Å². The number of nitrogens with one attached hydrogen (secondary N) is 1. The van der Waals surface area contributed by atoms with Crippen LogP contribution in [0, 0.1) is 17.6 Å². The molecule has 3 aromatic rings. The lowest BCUT2D eigenvalue weighted by Gasteiger charge is -2.38. The Balaban J connectivity index is 0.00000135. The molecule has 43 heavy (non-hydrogen) atoms. The minimum atomic E-state index is -1.14. The molecule has 3 amide bonds. The van der Waals surface area contributed by atoms with E-state index in [0.717, 1.165) is 19.3 Å². The number of benzene rings is 2. The molecule has 2 aromatic carbocycles. The second-order valence-corrected chi connectivity index (χ2v) is 10.4. The Morgan fingerprint density at radius 1 is 1.07 bits per heavy atom. The van der Waals surface area contributed by atoms with E-state index in [4.69, 9.17) is 26.2 Å². The molecule has 2 fully saturated rings. The highest BCUT2D eigenvalue weighted by Gasteiger charge is 2.32. The second-order valence-electron chi connectivity index (χ2n) is 9.97. The monoisotopic (exact) mass is 617 g/mol. The molecule has 1 saturated heterocycles. The molecule has 2 heterocycles. The summed E-state index contributed by atoms with van der Waals surface area (Å²) < 4.78 is 34.9. The van der Waals surface area contributed by atoms with Crippen molar-refractivity contribution in [1.29, 1.82) is 0 Å². The van der Waals surface area contributed by atoms with Gasteiger partial charge in [0.15, 0.2) is 17.4 Å². The number of halogens is 3. The van der Waals surface area contributed by atoms with Crippen LogP contribution in [0.15, 0.2) is 36.5 Å². The third-order valence-electron chi connectivity index (χ3n) is 7.52. The number of carboxylic acid groups (broad SMARTS) is 1. The van der Waals surface area contributed by atoms with Crippen molar-refractivity contribution in [2.24, 2.45) is 13.0 Å². The smallest absolute Gasteiger partial charge is 0.291 e. The Morgan fingerprint density at radius 2 is 1.72 bits per heavy atom. The molecule has 14 heteroatoms. The predicted octanol–water partition coefficient (Wildman–Crippen LogP) is 4.06. The Morgan fingerprint density at radius 3 is 2.30 bits per heavy atom. The van der Waals surface area contributed by atoms with Gasteiger partial charge in [0.25, 0.3) is 18.3 Å². The molecule has 1 aliphatic heterocycles. The molecule has 5 rings (SSSR count). The molecule has 0 bridgehead atoms. The first-order chi connectivity index (χ1) is 20.6. The summed E-state index contributed by atoms with van der Waals surface area (Å²) in [7, 11) is 2.74. The average Bonchev–Trinajstić information content (AvgIpc) is 3.34. The summed E-state index contributed by atoms with van der Waals surface area (Å²) in [5.41, 5.74) is 0.729. The van der Waals surface area contributed by atoms with Crippen molar-refractivity contribution in [3.63, 3.8) is 0 Å². The zero-order valence-corrected chi connectivity index (χ0v) is 24.2. The van der Waals surface area contributed by atoms with E-state index in [9.17, 15) is 23.2 Å². The van der Waals surface area contributed by atoms with Crippen LogP contribution in [0.1, 0.15) is 40.2 Å². The zero-order valence-electron chi connectivity index (χ0n) is 23.5. The van der Waals surface area contributed by atoms with Gasteiger partial charge in [-0.15, -0.1) is 0 Å². The van der Waals surface area contributed by atoms with E-state index < -0.39 is 17.5 Å². The highest BCUT2D eigenvalue weighted by molar-refractivity contribution is 6.34. The van der Waals surface area contributed by atoms with Gasteiger partial charge in [0, 0.05) is 50.4 Å². The summed E-state index contributed by atoms with van der Waals surface area (Å²) in [5.74, 6) is -3.08. The fourth-order valence-electron chi connectivity index (χ4n) is 4.92. The topological polar surface area (TPSA) is 134 Å². The Hall–Kier alpha value is -4.52. The first-order valence-electron chi connectivity index (χ1n) is 13.4. The van der Waals surface area contributed by atoms with Gasteiger partial charge in [-0.05, 0) is 43.2 Å². The van der Waals surface area contributed by atoms with Gasteiger partial charge in [-0.25, -0.2) is 9.37 Å². The molecule has 0 atom stereocenters. The molecule has 2 aliphatic rings. The number of hydrogen-bond donors (Lipinski definition) is 2. The maximum absolute atomic E-state index is 14.6. The molecule has 1 saturated carbocycles. The average molecular weight is 618 g/mol. The molecular formula is C29H30ClF2N5O6. The van der Waals surface area contributed by atoms with Crippen LogP contribution in [-0.2, 0) is 16.6 Å². The number of hydrogen-bond acceptors (Lipinski definition) is 6. The van der Waals surface area contributed by atoms with Gasteiger partial charge in [0.05, 0.1) is 29.6 Å². The minimum Gasteiger partial charge on any atom is -0.494 e. The number of ether oxygens (including phenoxy) is 1. The number of carbonyl (C=O) groups excluding carboxylic acids is 3. The van der Waals surface area contributed by atoms with Gasteiger partial charge in [0.2, 0.25) is 11.7 Å². The Kier molecular flexibility index (Phi) is 9.96. The van der Waals surface area contributed by atoms with Gasteiger partial charge in [-0.2, -0.15) is 4.39 Å². The third-order valence-corrected chi connectivity index (χ3v) is 7.84. The molecule has 1 aliphatic carbocycles. The lowest BCUT2D eigenvalue weighted by atomic mass is 9.84. The van der Waals surface area contributed by atoms with Crippen LogP contribution >= 0.6 is 11.6 Å². The first-order valence-corrected chi connectivity index (χ1v) is 13.8. The van der Waals surface area contributed by atoms with Crippen LogP contribution < -0.4 is 10.1 Å². The fourth-order valence-corrected chi connectivity index (χ4v) is 5.19. The van der Waals surface area contributed by atoms with Crippen LogP contribution in [0.2, 0.25) is 5.02 Å². The van der Waals surface area contributed by atoms with Crippen LogP contribution in [0.25, 0.3) is 11.3 Å². The normalized spacial score (nSPS) is 14.7. The number of methoxy groups -OCH3 is 1. The van der Waals surface area contributed by atoms with Gasteiger partial charge in [0.1, 0.15) is 0 Å². The lowest BCUT2D eigenvalue weighted by Crippen LogP contribution is -2.52. The molecular weight excluding hydrogens is 588 g/mol. The maximum atomic E-state index is 14.6. The van der Waals surface area contributed by atoms with Crippen molar-refractivity contribution in [3.05, 3.63) is 64.6 Å². The number of rotatable bonds is 6. The summed E-state index contributed by atoms with van der Waals surface area (Å²) in [6, 6.07) is 7.18. The van der Waals surface area contributed by atoms with Crippen molar-refractivity contribution in [2.75, 3.05) is 38.6 Å². The molecule has 228 valence electrons. The Labute approximate surface area is 251 Å². The van der Waals surface area contributed by atoms with Crippen molar-refractivity contribution < 1.29 is 37.8 Å². The largest absolute Gasteiger partial charge is 0.494 e. The first kappa shape index (κ1) is 31.4. The van der Waals surface area contributed by atoms with E-state index in [1.165, 1.54) is 49.2 Å². The highest BCUT2D eigenvalue weighted by atomic mass is 35.5. The summed E-state index contributed by atoms with van der Waals surface area (Å²) in [6.07, 6.45) is 4.25. The highest BCUT2D eigenvalue weighted by Crippen LogP contribution is 2.31. The molecule has 0 radical (unpaired) electrons. The van der Waals surface area contributed by atoms with Crippen molar-refractivity contribution >= 4 is 41.5 Å². The van der Waals surface area contributed by atoms with Gasteiger partial charge < -0.3 is 29.5 Å². The van der Waals surface area contributed by atoms with E-state index in [1.807, 2.05) is 4.90 Å². The second kappa shape index (κ2) is 13.6. The standard InChI is InChI=1S/C28H28ClF2N5O4.CH2O2/c1-34-21(19-8-9-22(40-2)24(31)23(19)30)15-32-25(34)26(37)33-17-6-7-18(20(29)14-17)28(39)36-12-10-35(11-13-36)27(38)16-4-3-5-16;2-1-3/h6-9,14-16H,3-5,10-13H2,1-2H3,(H,33,37);1H,(H,2,3). The van der Waals surface area contributed by atoms with Gasteiger partial charge in [-0.3, -0.25) is 19.2 Å². The van der Waals surface area contributed by atoms with E-state index in [2.05, 4.69) is 10.3 Å². The fraction of sp³-hybridized carbons (Fsp3) is 0.345. The number of nitrogens with zero attached hydrogens (tertiary/aromatic N) is 4. The van der Waals surface area contributed by atoms with Crippen LogP contribution in [-0.4, -0.2) is 81.9 Å². The van der Waals surface area contributed by atoms with Crippen LogP contribution in [0.3, 0.4) is 0 Å². The number of piperazine rings is 1. The van der Waals surface area contributed by atoms with Crippen molar-refractivity contribution in [1.82, 2.24) is 19.4 Å². The molecule has 11 nitrogen and oxygen atoms in total. The van der Waals surface area contributed by atoms with Crippen LogP contribution in [0.4, 0.5) is 14.5 Å². The Bertz CT molecular complexity index is 1540. The SMILES string of the molecule is COc1ccc(-c2cnc(C(=O)Nc3ccc(C(=O)N4CCN(C(=O)C5CCC5)CC4)c(Cl)c3)n2C)c(F)c1F.O=CO. The molecule has 2 N–H and O–H groups in total. The van der Waals surface area contributed by atoms with Crippen LogP contribution in [0.5, 0.6) is 5.75 Å².